The fourth-order valence-electron chi connectivity index (χ4n) is 1.79. The summed E-state index contributed by atoms with van der Waals surface area (Å²) in [6.45, 7) is -2.03. The molecule has 150 valence electrons. The van der Waals surface area contributed by atoms with E-state index in [0.717, 1.165) is 0 Å². The summed E-state index contributed by atoms with van der Waals surface area (Å²) >= 11 is 0. The molecule has 0 amide bonds. The van der Waals surface area contributed by atoms with E-state index in [-0.39, 0.29) is 12.4 Å². The average Bonchev–Trinajstić information content (AvgIpc) is 2.66. The van der Waals surface area contributed by atoms with E-state index in [9.17, 15) is 50.1 Å². The molecule has 0 fully saturated rings. The van der Waals surface area contributed by atoms with Crippen LogP contribution in [0.4, 0.5) is 0 Å². The normalized spacial score (nSPS) is 20.4. The molecule has 0 heterocycles. The fourth-order valence-corrected chi connectivity index (χ4v) is 1.79. The van der Waals surface area contributed by atoms with Gasteiger partial charge >= 0.3 is 0 Å². The number of carbonyl (C=O) groups is 3. The molecule has 0 saturated carbocycles. The maximum absolute atomic E-state index is 12.0. The van der Waals surface area contributed by atoms with Gasteiger partial charge in [0, 0.05) is 0 Å². The molecule has 7 atom stereocenters. The van der Waals surface area contributed by atoms with Crippen LogP contribution in [-0.4, -0.2) is 120 Å². The van der Waals surface area contributed by atoms with E-state index in [1.165, 1.54) is 0 Å². The Labute approximate surface area is 146 Å². The molecule has 9 N–H and O–H groups in total. The van der Waals surface area contributed by atoms with E-state index in [0.29, 0.717) is 0 Å². The molecule has 7 unspecified atom stereocenters. The summed E-state index contributed by atoms with van der Waals surface area (Å²) in [4.78, 5) is 34.2. The van der Waals surface area contributed by atoms with Gasteiger partial charge in [0.25, 0.3) is 0 Å². The molecule has 0 aliphatic heterocycles. The minimum absolute atomic E-state index is 0.290. The van der Waals surface area contributed by atoms with E-state index < -0.39 is 73.1 Å². The number of carbonyl (C=O) groups excluding carboxylic acids is 3. The predicted molar refractivity (Wildman–Crippen MR) is 80.4 cm³/mol. The maximum Gasteiger partial charge on any atom is 0.228 e. The number of ketones is 2. The van der Waals surface area contributed by atoms with Crippen LogP contribution < -0.4 is 0 Å². The molecular weight excluding hydrogens is 360 g/mol. The number of hydrogen-bond acceptors (Lipinski definition) is 12. The summed E-state index contributed by atoms with van der Waals surface area (Å²) in [7, 11) is 0. The molecule has 0 aliphatic carbocycles. The molecule has 12 nitrogen and oxygen atoms in total. The van der Waals surface area contributed by atoms with Gasteiger partial charge in [0.15, 0.2) is 12.1 Å². The lowest BCUT2D eigenvalue weighted by atomic mass is 9.93. The highest BCUT2D eigenvalue weighted by molar-refractivity contribution is 6.42. The summed E-state index contributed by atoms with van der Waals surface area (Å²) in [6, 6.07) is 0. The van der Waals surface area contributed by atoms with Crippen LogP contribution in [0.15, 0.2) is 11.6 Å². The van der Waals surface area contributed by atoms with Crippen molar-refractivity contribution < 1.29 is 60.3 Å². The van der Waals surface area contributed by atoms with Gasteiger partial charge in [-0.05, 0) is 6.08 Å². The third-order valence-corrected chi connectivity index (χ3v) is 3.43. The molecule has 0 aromatic carbocycles. The monoisotopic (exact) mass is 382 g/mol. The van der Waals surface area contributed by atoms with Gasteiger partial charge in [-0.25, -0.2) is 0 Å². The van der Waals surface area contributed by atoms with Crippen molar-refractivity contribution in [2.24, 2.45) is 0 Å². The van der Waals surface area contributed by atoms with E-state index >= 15 is 0 Å². The number of Topliss-reactive ketones (excluding diaryl/α,β-unsaturated/α-hetero) is 2. The third kappa shape index (κ3) is 6.28. The molecule has 0 saturated heterocycles. The summed E-state index contributed by atoms with van der Waals surface area (Å²) in [5.41, 5.74) is -1.19. The molecular formula is C14H22O12. The summed E-state index contributed by atoms with van der Waals surface area (Å²) < 4.78 is 0. The Morgan fingerprint density at radius 2 is 1.23 bits per heavy atom. The summed E-state index contributed by atoms with van der Waals surface area (Å²) in [5, 5.41) is 83.7. The first-order valence-corrected chi connectivity index (χ1v) is 7.27. The van der Waals surface area contributed by atoms with Crippen LogP contribution in [-0.2, 0) is 14.4 Å². The Morgan fingerprint density at radius 3 is 1.65 bits per heavy atom. The number of aliphatic hydroxyl groups is 9. The van der Waals surface area contributed by atoms with Crippen molar-refractivity contribution >= 4 is 17.9 Å². The lowest BCUT2D eigenvalue weighted by Gasteiger charge is -2.25. The molecule has 0 aromatic rings. The van der Waals surface area contributed by atoms with E-state index in [1.54, 1.807) is 0 Å². The second-order valence-electron chi connectivity index (χ2n) is 5.33. The molecule has 0 spiro atoms. The Bertz CT molecular complexity index is 518. The van der Waals surface area contributed by atoms with Gasteiger partial charge in [0.05, 0.1) is 18.8 Å². The van der Waals surface area contributed by atoms with Gasteiger partial charge in [-0.3, -0.25) is 14.4 Å². The Balaban J connectivity index is 5.61. The zero-order chi connectivity index (χ0) is 20.6. The van der Waals surface area contributed by atoms with Gasteiger partial charge in [-0.2, -0.15) is 0 Å². The van der Waals surface area contributed by atoms with Crippen molar-refractivity contribution in [3.8, 4) is 0 Å². The highest BCUT2D eigenvalue weighted by Gasteiger charge is 2.36. The predicted octanol–water partition coefficient (Wildman–Crippen LogP) is -6.24. The minimum atomic E-state index is -2.47. The molecule has 26 heavy (non-hydrogen) atoms. The summed E-state index contributed by atoms with van der Waals surface area (Å²) in [6.07, 6.45) is -15.1. The summed E-state index contributed by atoms with van der Waals surface area (Å²) in [5.74, 6) is -3.19. The number of hydrogen-bond donors (Lipinski definition) is 9. The Hall–Kier alpha value is -1.61. The number of aliphatic hydroxyl groups excluding tert-OH is 9. The van der Waals surface area contributed by atoms with Crippen molar-refractivity contribution in [2.75, 3.05) is 13.2 Å². The molecule has 0 aromatic heterocycles. The number of aldehydes is 1. The van der Waals surface area contributed by atoms with Crippen LogP contribution >= 0.6 is 0 Å². The molecule has 0 aliphatic rings. The van der Waals surface area contributed by atoms with E-state index in [2.05, 4.69) is 0 Å². The smallest absolute Gasteiger partial charge is 0.228 e. The van der Waals surface area contributed by atoms with Crippen molar-refractivity contribution in [3.05, 3.63) is 11.6 Å². The van der Waals surface area contributed by atoms with E-state index in [4.69, 9.17) is 10.2 Å². The zero-order valence-electron chi connectivity index (χ0n) is 13.4. The van der Waals surface area contributed by atoms with Crippen LogP contribution in [0.2, 0.25) is 0 Å². The van der Waals surface area contributed by atoms with Crippen molar-refractivity contribution in [3.63, 3.8) is 0 Å². The van der Waals surface area contributed by atoms with Crippen LogP contribution in [0, 0.1) is 0 Å². The second kappa shape index (κ2) is 11.2. The Morgan fingerprint density at radius 1 is 0.769 bits per heavy atom. The molecule has 0 bridgehead atoms. The largest absolute Gasteiger partial charge is 0.394 e. The maximum atomic E-state index is 12.0. The first-order valence-electron chi connectivity index (χ1n) is 7.27. The van der Waals surface area contributed by atoms with Gasteiger partial charge in [-0.1, -0.05) is 0 Å². The molecule has 12 heteroatoms. The number of rotatable bonds is 12. The Kier molecular flexibility index (Phi) is 10.5. The highest BCUT2D eigenvalue weighted by atomic mass is 16.4. The lowest BCUT2D eigenvalue weighted by Crippen LogP contribution is -2.47. The second-order valence-corrected chi connectivity index (χ2v) is 5.33. The first kappa shape index (κ1) is 24.4. The standard InChI is InChI=1S/C14H22O12/c15-2-7(19)5(10(22)14(26)13(25)9(21)4-17)1-6(18)11(23)12(24)8(20)3-16/h1-2,6,8-9,11-14,16-18,20-21,23-26H,3-4H2/b5-1+. The molecule has 0 rings (SSSR count). The van der Waals surface area contributed by atoms with Gasteiger partial charge < -0.3 is 46.0 Å². The van der Waals surface area contributed by atoms with Crippen LogP contribution in [0.1, 0.15) is 0 Å². The van der Waals surface area contributed by atoms with Crippen molar-refractivity contribution in [1.82, 2.24) is 0 Å². The van der Waals surface area contributed by atoms with Crippen LogP contribution in [0.3, 0.4) is 0 Å². The quantitative estimate of drug-likeness (QED) is 0.0504. The molecule has 0 radical (unpaired) electrons. The minimum Gasteiger partial charge on any atom is -0.394 e. The van der Waals surface area contributed by atoms with Gasteiger partial charge in [-0.15, -0.1) is 0 Å². The fraction of sp³-hybridized carbons (Fsp3) is 0.643. The highest BCUT2D eigenvalue weighted by Crippen LogP contribution is 2.13. The topological polar surface area (TPSA) is 233 Å². The first-order chi connectivity index (χ1) is 12.0. The van der Waals surface area contributed by atoms with Crippen molar-refractivity contribution in [1.29, 1.82) is 0 Å². The average molecular weight is 382 g/mol. The third-order valence-electron chi connectivity index (χ3n) is 3.43. The van der Waals surface area contributed by atoms with Crippen molar-refractivity contribution in [2.45, 2.75) is 42.7 Å². The van der Waals surface area contributed by atoms with E-state index in [1.807, 2.05) is 0 Å². The van der Waals surface area contributed by atoms with Gasteiger partial charge in [0.1, 0.15) is 42.7 Å². The SMILES string of the molecule is O=CC(=O)/C(=C\C(O)C(O)C(O)C(O)CO)C(=O)C(O)C(O)C(O)CO. The van der Waals surface area contributed by atoms with Crippen LogP contribution in [0.25, 0.3) is 0 Å². The van der Waals surface area contributed by atoms with Gasteiger partial charge in [0.2, 0.25) is 5.78 Å². The lowest BCUT2D eigenvalue weighted by molar-refractivity contribution is -0.139. The van der Waals surface area contributed by atoms with Crippen LogP contribution in [0.5, 0.6) is 0 Å². The zero-order valence-corrected chi connectivity index (χ0v) is 13.4.